The molecule has 6 nitrogen and oxygen atoms in total. The zero-order chi connectivity index (χ0) is 31.0. The van der Waals surface area contributed by atoms with Crippen LogP contribution in [-0.4, -0.2) is 29.9 Å². The molecule has 2 heterocycles. The first-order valence-corrected chi connectivity index (χ1v) is 15.0. The maximum absolute atomic E-state index is 4.75. The van der Waals surface area contributed by atoms with Crippen LogP contribution in [0, 0.1) is 0 Å². The molecule has 6 heteroatoms. The zero-order valence-corrected chi connectivity index (χ0v) is 24.8. The number of rotatable bonds is 8. The van der Waals surface area contributed by atoms with Gasteiger partial charge in [-0.25, -0.2) is 29.9 Å². The van der Waals surface area contributed by atoms with Crippen molar-refractivity contribution in [1.82, 2.24) is 29.9 Å². The van der Waals surface area contributed by atoms with Crippen molar-refractivity contribution in [2.45, 2.75) is 0 Å². The largest absolute Gasteiger partial charge is 0.209 e. The molecule has 0 bridgehead atoms. The Hall–Kier alpha value is -6.40. The molecule has 7 aromatic rings. The summed E-state index contributed by atoms with van der Waals surface area (Å²) >= 11 is 0. The van der Waals surface area contributed by atoms with Gasteiger partial charge in [0.05, 0.1) is 0 Å². The minimum atomic E-state index is 0.593. The minimum absolute atomic E-state index is 0.593. The fourth-order valence-electron chi connectivity index (χ4n) is 4.86. The molecule has 0 radical (unpaired) electrons. The lowest BCUT2D eigenvalue weighted by Gasteiger charge is -2.06. The second kappa shape index (κ2) is 13.5. The standard InChI is InChI=1S/C40H28N6/c1-5-13-31(14-6-1)37-41-35(42-38(45-37)32-15-7-2-8-16-32)27-25-29-21-23-30(24-22-29)26-28-36-43-39(33-17-9-3-10-18-33)46-40(44-36)34-19-11-4-12-20-34/h1-28H/b27-25+,28-26+. The van der Waals surface area contributed by atoms with Gasteiger partial charge in [-0.05, 0) is 23.3 Å². The molecule has 46 heavy (non-hydrogen) atoms. The fourth-order valence-corrected chi connectivity index (χ4v) is 4.86. The quantitative estimate of drug-likeness (QED) is 0.175. The van der Waals surface area contributed by atoms with E-state index < -0.39 is 0 Å². The van der Waals surface area contributed by atoms with Crippen LogP contribution in [0.25, 0.3) is 69.9 Å². The lowest BCUT2D eigenvalue weighted by molar-refractivity contribution is 1.05. The van der Waals surface area contributed by atoms with E-state index in [4.69, 9.17) is 29.9 Å². The third-order valence-electron chi connectivity index (χ3n) is 7.22. The average Bonchev–Trinajstić information content (AvgIpc) is 3.15. The summed E-state index contributed by atoms with van der Waals surface area (Å²) in [6, 6.07) is 48.1. The second-order valence-corrected chi connectivity index (χ2v) is 10.5. The van der Waals surface area contributed by atoms with Crippen LogP contribution >= 0.6 is 0 Å². The number of hydrogen-bond acceptors (Lipinski definition) is 6. The van der Waals surface area contributed by atoms with Gasteiger partial charge in [0.1, 0.15) is 0 Å². The van der Waals surface area contributed by atoms with Crippen LogP contribution in [0.15, 0.2) is 146 Å². The van der Waals surface area contributed by atoms with E-state index >= 15 is 0 Å². The normalized spacial score (nSPS) is 11.3. The van der Waals surface area contributed by atoms with E-state index in [1.807, 2.05) is 146 Å². The monoisotopic (exact) mass is 592 g/mol. The molecule has 2 aromatic heterocycles. The van der Waals surface area contributed by atoms with Crippen molar-refractivity contribution >= 4 is 24.3 Å². The summed E-state index contributed by atoms with van der Waals surface area (Å²) in [5.41, 5.74) is 5.82. The van der Waals surface area contributed by atoms with Crippen molar-refractivity contribution in [3.8, 4) is 45.6 Å². The molecule has 218 valence electrons. The molecule has 0 fully saturated rings. The van der Waals surface area contributed by atoms with Gasteiger partial charge in [0, 0.05) is 22.3 Å². The molecule has 0 aliphatic rings. The molecule has 0 saturated carbocycles. The average molecular weight is 593 g/mol. The van der Waals surface area contributed by atoms with Gasteiger partial charge in [-0.15, -0.1) is 0 Å². The van der Waals surface area contributed by atoms with Crippen molar-refractivity contribution in [2.75, 3.05) is 0 Å². The van der Waals surface area contributed by atoms with Gasteiger partial charge >= 0.3 is 0 Å². The number of hydrogen-bond donors (Lipinski definition) is 0. The van der Waals surface area contributed by atoms with Gasteiger partial charge < -0.3 is 0 Å². The highest BCUT2D eigenvalue weighted by Crippen LogP contribution is 2.23. The summed E-state index contributed by atoms with van der Waals surface area (Å²) in [7, 11) is 0. The van der Waals surface area contributed by atoms with Gasteiger partial charge in [0.25, 0.3) is 0 Å². The summed E-state index contributed by atoms with van der Waals surface area (Å²) in [5.74, 6) is 3.74. The predicted molar refractivity (Wildman–Crippen MR) is 186 cm³/mol. The van der Waals surface area contributed by atoms with Gasteiger partial charge in [-0.1, -0.05) is 158 Å². The number of nitrogens with zero attached hydrogens (tertiary/aromatic N) is 6. The first kappa shape index (κ1) is 28.4. The molecule has 0 atom stereocenters. The Balaban J connectivity index is 1.14. The summed E-state index contributed by atoms with van der Waals surface area (Å²) in [6.07, 6.45) is 7.87. The molecule has 0 spiro atoms. The highest BCUT2D eigenvalue weighted by Gasteiger charge is 2.10. The van der Waals surface area contributed by atoms with Crippen LogP contribution in [0.3, 0.4) is 0 Å². The summed E-state index contributed by atoms with van der Waals surface area (Å²) in [5, 5.41) is 0. The Bertz CT molecular complexity index is 1840. The molecular formula is C40H28N6. The predicted octanol–water partition coefficient (Wildman–Crippen LogP) is 9.07. The van der Waals surface area contributed by atoms with Gasteiger partial charge in [0.2, 0.25) is 0 Å². The van der Waals surface area contributed by atoms with E-state index in [0.29, 0.717) is 34.9 Å². The summed E-state index contributed by atoms with van der Waals surface area (Å²) in [6.45, 7) is 0. The van der Waals surface area contributed by atoms with Crippen LogP contribution in [0.1, 0.15) is 22.8 Å². The molecule has 0 saturated heterocycles. The summed E-state index contributed by atoms with van der Waals surface area (Å²) in [4.78, 5) is 28.5. The zero-order valence-electron chi connectivity index (χ0n) is 24.8. The molecule has 0 unspecified atom stereocenters. The molecule has 0 amide bonds. The lowest BCUT2D eigenvalue weighted by atomic mass is 10.1. The van der Waals surface area contributed by atoms with E-state index in [2.05, 4.69) is 24.3 Å². The highest BCUT2D eigenvalue weighted by molar-refractivity contribution is 5.73. The highest BCUT2D eigenvalue weighted by atomic mass is 15.0. The summed E-state index contributed by atoms with van der Waals surface area (Å²) < 4.78 is 0. The topological polar surface area (TPSA) is 77.3 Å². The smallest absolute Gasteiger partial charge is 0.164 e. The molecule has 0 N–H and O–H groups in total. The fraction of sp³-hybridized carbons (Fsp3) is 0. The van der Waals surface area contributed by atoms with E-state index in [0.717, 1.165) is 33.4 Å². The van der Waals surface area contributed by atoms with Crippen LogP contribution in [-0.2, 0) is 0 Å². The van der Waals surface area contributed by atoms with E-state index in [1.165, 1.54) is 0 Å². The van der Waals surface area contributed by atoms with Gasteiger partial charge in [-0.2, -0.15) is 0 Å². The molecule has 0 aliphatic carbocycles. The second-order valence-electron chi connectivity index (χ2n) is 10.5. The maximum Gasteiger partial charge on any atom is 0.164 e. The van der Waals surface area contributed by atoms with E-state index in [-0.39, 0.29) is 0 Å². The van der Waals surface area contributed by atoms with Crippen LogP contribution in [0.5, 0.6) is 0 Å². The molecule has 5 aromatic carbocycles. The van der Waals surface area contributed by atoms with Crippen molar-refractivity contribution in [2.24, 2.45) is 0 Å². The van der Waals surface area contributed by atoms with Gasteiger partial charge in [0.15, 0.2) is 34.9 Å². The van der Waals surface area contributed by atoms with Crippen molar-refractivity contribution in [1.29, 1.82) is 0 Å². The first-order chi connectivity index (χ1) is 22.8. The Morgan fingerprint density at radius 2 is 0.522 bits per heavy atom. The molecule has 0 aliphatic heterocycles. The van der Waals surface area contributed by atoms with E-state index in [1.54, 1.807) is 0 Å². The number of aromatic nitrogens is 6. The van der Waals surface area contributed by atoms with Crippen molar-refractivity contribution in [3.05, 3.63) is 168 Å². The van der Waals surface area contributed by atoms with Crippen LogP contribution in [0.2, 0.25) is 0 Å². The molecular weight excluding hydrogens is 564 g/mol. The van der Waals surface area contributed by atoms with Crippen LogP contribution < -0.4 is 0 Å². The maximum atomic E-state index is 4.75. The Morgan fingerprint density at radius 3 is 0.783 bits per heavy atom. The van der Waals surface area contributed by atoms with E-state index in [9.17, 15) is 0 Å². The van der Waals surface area contributed by atoms with Crippen molar-refractivity contribution in [3.63, 3.8) is 0 Å². The van der Waals surface area contributed by atoms with Gasteiger partial charge in [-0.3, -0.25) is 0 Å². The SMILES string of the molecule is C(=C\c1nc(-c2ccccc2)nc(-c2ccccc2)n1)/c1ccc(/C=C/c2nc(-c3ccccc3)nc(-c3ccccc3)n2)cc1. The third kappa shape index (κ3) is 6.87. The third-order valence-corrected chi connectivity index (χ3v) is 7.22. The first-order valence-electron chi connectivity index (χ1n) is 15.0. The Labute approximate surface area is 267 Å². The molecule has 7 rings (SSSR count). The van der Waals surface area contributed by atoms with Crippen LogP contribution in [0.4, 0.5) is 0 Å². The number of benzene rings is 5. The lowest BCUT2D eigenvalue weighted by Crippen LogP contribution is -1.99. The van der Waals surface area contributed by atoms with Crippen molar-refractivity contribution < 1.29 is 0 Å². The Kier molecular flexibility index (Phi) is 8.32. The Morgan fingerprint density at radius 1 is 0.261 bits per heavy atom. The minimum Gasteiger partial charge on any atom is -0.209 e.